The van der Waals surface area contributed by atoms with E-state index in [0.717, 1.165) is 62.5 Å². The Hall–Kier alpha value is -1.09. The zero-order valence-electron chi connectivity index (χ0n) is 16.2. The normalized spacial score (nSPS) is 23.6. The first-order valence-corrected chi connectivity index (χ1v) is 10.1. The van der Waals surface area contributed by atoms with Gasteiger partial charge in [0.05, 0.1) is 12.6 Å². The van der Waals surface area contributed by atoms with Crippen LogP contribution in [0.15, 0.2) is 23.3 Å². The average molecular weight is 488 g/mol. The van der Waals surface area contributed by atoms with E-state index < -0.39 is 0 Å². The molecule has 0 spiro atoms. The van der Waals surface area contributed by atoms with Crippen molar-refractivity contribution >= 4 is 29.9 Å². The number of guanidine groups is 1. The summed E-state index contributed by atoms with van der Waals surface area (Å²) < 4.78 is 6.11. The fourth-order valence-corrected chi connectivity index (χ4v) is 3.71. The minimum Gasteiger partial charge on any atom is -0.474 e. The maximum Gasteiger partial charge on any atom is 0.218 e. The summed E-state index contributed by atoms with van der Waals surface area (Å²) in [6.45, 7) is 3.43. The van der Waals surface area contributed by atoms with Crippen LogP contribution < -0.4 is 15.4 Å². The van der Waals surface area contributed by atoms with Gasteiger partial charge in [0.1, 0.15) is 6.10 Å². The van der Waals surface area contributed by atoms with E-state index in [1.165, 1.54) is 12.8 Å². The van der Waals surface area contributed by atoms with Crippen LogP contribution in [-0.2, 0) is 6.54 Å². The van der Waals surface area contributed by atoms with E-state index in [1.54, 1.807) is 6.20 Å². The molecule has 2 saturated carbocycles. The Kier molecular flexibility index (Phi) is 9.61. The maximum absolute atomic E-state index is 9.67. The molecule has 1 aromatic heterocycles. The zero-order valence-corrected chi connectivity index (χ0v) is 18.5. The van der Waals surface area contributed by atoms with Gasteiger partial charge in [-0.15, -0.1) is 24.0 Å². The number of aliphatic hydroxyl groups is 1. The molecule has 7 heteroatoms. The largest absolute Gasteiger partial charge is 0.474 e. The van der Waals surface area contributed by atoms with Crippen molar-refractivity contribution in [2.45, 2.75) is 83.1 Å². The Morgan fingerprint density at radius 3 is 2.67 bits per heavy atom. The molecule has 0 aromatic carbocycles. The van der Waals surface area contributed by atoms with Gasteiger partial charge in [-0.1, -0.05) is 6.07 Å². The molecule has 1 heterocycles. The van der Waals surface area contributed by atoms with E-state index in [4.69, 9.17) is 9.73 Å². The van der Waals surface area contributed by atoms with E-state index in [9.17, 15) is 5.11 Å². The standard InChI is InChI=1S/C20H32N4O2.HI/c1-2-21-20(24-16-9-11-17(25)12-10-16)23-14-15-6-5-13-22-19(15)26-18-7-3-4-8-18;/h5-6,13,16-18,25H,2-4,7-12,14H2,1H3,(H2,21,23,24);1H. The first kappa shape index (κ1) is 22.2. The molecule has 2 aliphatic carbocycles. The molecule has 0 bridgehead atoms. The lowest BCUT2D eigenvalue weighted by Gasteiger charge is -2.27. The molecule has 6 nitrogen and oxygen atoms in total. The van der Waals surface area contributed by atoms with E-state index in [1.807, 2.05) is 12.1 Å². The molecule has 152 valence electrons. The van der Waals surface area contributed by atoms with Crippen LogP contribution in [0.3, 0.4) is 0 Å². The van der Waals surface area contributed by atoms with Crippen molar-refractivity contribution in [2.75, 3.05) is 6.54 Å². The van der Waals surface area contributed by atoms with Crippen LogP contribution in [0, 0.1) is 0 Å². The van der Waals surface area contributed by atoms with E-state index in [0.29, 0.717) is 18.7 Å². The van der Waals surface area contributed by atoms with Gasteiger partial charge in [0.15, 0.2) is 5.96 Å². The predicted molar refractivity (Wildman–Crippen MR) is 119 cm³/mol. The highest BCUT2D eigenvalue weighted by Gasteiger charge is 2.21. The first-order valence-electron chi connectivity index (χ1n) is 10.1. The third-order valence-electron chi connectivity index (χ3n) is 5.22. The number of nitrogens with one attached hydrogen (secondary N) is 2. The second kappa shape index (κ2) is 11.7. The summed E-state index contributed by atoms with van der Waals surface area (Å²) in [6, 6.07) is 4.36. The van der Waals surface area contributed by atoms with Gasteiger partial charge < -0.3 is 20.5 Å². The van der Waals surface area contributed by atoms with Gasteiger partial charge in [-0.3, -0.25) is 0 Å². The number of halogens is 1. The number of nitrogens with zero attached hydrogens (tertiary/aromatic N) is 2. The number of aliphatic imine (C=N–C) groups is 1. The zero-order chi connectivity index (χ0) is 18.2. The monoisotopic (exact) mass is 488 g/mol. The molecule has 0 atom stereocenters. The van der Waals surface area contributed by atoms with Crippen LogP contribution in [0.5, 0.6) is 5.88 Å². The molecular formula is C20H33IN4O2. The van der Waals surface area contributed by atoms with Gasteiger partial charge in [0.25, 0.3) is 0 Å². The number of aromatic nitrogens is 1. The molecule has 27 heavy (non-hydrogen) atoms. The highest BCUT2D eigenvalue weighted by atomic mass is 127. The van der Waals surface area contributed by atoms with Crippen LogP contribution in [-0.4, -0.2) is 40.8 Å². The van der Waals surface area contributed by atoms with Gasteiger partial charge in [-0.05, 0) is 64.4 Å². The molecule has 0 aliphatic heterocycles. The number of rotatable bonds is 6. The van der Waals surface area contributed by atoms with Gasteiger partial charge in [-0.25, -0.2) is 9.98 Å². The molecule has 0 radical (unpaired) electrons. The summed E-state index contributed by atoms with van der Waals surface area (Å²) in [5, 5.41) is 16.5. The Labute approximate surface area is 179 Å². The lowest BCUT2D eigenvalue weighted by molar-refractivity contribution is 0.120. The third-order valence-corrected chi connectivity index (χ3v) is 5.22. The number of aliphatic hydroxyl groups excluding tert-OH is 1. The van der Waals surface area contributed by atoms with Crippen molar-refractivity contribution in [3.05, 3.63) is 23.9 Å². The lowest BCUT2D eigenvalue weighted by Crippen LogP contribution is -2.45. The fourth-order valence-electron chi connectivity index (χ4n) is 3.71. The number of hydrogen-bond donors (Lipinski definition) is 3. The Morgan fingerprint density at radius 1 is 1.22 bits per heavy atom. The van der Waals surface area contributed by atoms with Crippen LogP contribution in [0.2, 0.25) is 0 Å². The Balaban J connectivity index is 0.00000261. The molecule has 1 aromatic rings. The first-order chi connectivity index (χ1) is 12.7. The van der Waals surface area contributed by atoms with E-state index in [2.05, 4.69) is 22.5 Å². The van der Waals surface area contributed by atoms with Crippen molar-refractivity contribution in [1.82, 2.24) is 15.6 Å². The molecular weight excluding hydrogens is 455 g/mol. The van der Waals surface area contributed by atoms with Gasteiger partial charge in [0, 0.05) is 24.3 Å². The summed E-state index contributed by atoms with van der Waals surface area (Å²) in [7, 11) is 0. The molecule has 3 rings (SSSR count). The van der Waals surface area contributed by atoms with Crippen LogP contribution in [0.1, 0.15) is 63.9 Å². The van der Waals surface area contributed by atoms with Crippen molar-refractivity contribution in [2.24, 2.45) is 4.99 Å². The van der Waals surface area contributed by atoms with E-state index in [-0.39, 0.29) is 30.1 Å². The molecule has 3 N–H and O–H groups in total. The van der Waals surface area contributed by atoms with Crippen LogP contribution in [0.25, 0.3) is 0 Å². The second-order valence-electron chi connectivity index (χ2n) is 7.34. The van der Waals surface area contributed by atoms with Gasteiger partial charge >= 0.3 is 0 Å². The number of ether oxygens (including phenoxy) is 1. The molecule has 0 saturated heterocycles. The summed E-state index contributed by atoms with van der Waals surface area (Å²) in [5.74, 6) is 1.55. The highest BCUT2D eigenvalue weighted by Crippen LogP contribution is 2.25. The van der Waals surface area contributed by atoms with Gasteiger partial charge in [0.2, 0.25) is 5.88 Å². The third kappa shape index (κ3) is 7.10. The summed E-state index contributed by atoms with van der Waals surface area (Å²) in [4.78, 5) is 9.17. The van der Waals surface area contributed by atoms with Crippen molar-refractivity contribution in [3.8, 4) is 5.88 Å². The smallest absolute Gasteiger partial charge is 0.218 e. The summed E-state index contributed by atoms with van der Waals surface area (Å²) in [6.07, 6.45) is 10.4. The minimum atomic E-state index is -0.140. The Bertz CT molecular complexity index is 585. The SMILES string of the molecule is CCNC(=NCc1cccnc1OC1CCCC1)NC1CCC(O)CC1.I. The maximum atomic E-state index is 9.67. The second-order valence-corrected chi connectivity index (χ2v) is 7.34. The topological polar surface area (TPSA) is 78.8 Å². The molecule has 0 amide bonds. The average Bonchev–Trinajstić information content (AvgIpc) is 3.16. The summed E-state index contributed by atoms with van der Waals surface area (Å²) in [5.41, 5.74) is 1.02. The lowest BCUT2D eigenvalue weighted by atomic mass is 9.93. The molecule has 2 aliphatic rings. The van der Waals surface area contributed by atoms with E-state index >= 15 is 0 Å². The predicted octanol–water partition coefficient (Wildman–Crippen LogP) is 3.38. The van der Waals surface area contributed by atoms with Crippen LogP contribution in [0.4, 0.5) is 0 Å². The number of pyridine rings is 1. The van der Waals surface area contributed by atoms with Crippen LogP contribution >= 0.6 is 24.0 Å². The van der Waals surface area contributed by atoms with Crippen molar-refractivity contribution in [3.63, 3.8) is 0 Å². The van der Waals surface area contributed by atoms with Crippen molar-refractivity contribution < 1.29 is 9.84 Å². The quantitative estimate of drug-likeness (QED) is 0.325. The highest BCUT2D eigenvalue weighted by molar-refractivity contribution is 14.0. The number of hydrogen-bond acceptors (Lipinski definition) is 4. The van der Waals surface area contributed by atoms with Crippen molar-refractivity contribution in [1.29, 1.82) is 0 Å². The molecule has 0 unspecified atom stereocenters. The molecule has 2 fully saturated rings. The van der Waals surface area contributed by atoms with Gasteiger partial charge in [-0.2, -0.15) is 0 Å². The minimum absolute atomic E-state index is 0. The summed E-state index contributed by atoms with van der Waals surface area (Å²) >= 11 is 0. The Morgan fingerprint density at radius 2 is 1.96 bits per heavy atom. The fraction of sp³-hybridized carbons (Fsp3) is 0.700.